The molecule has 0 radical (unpaired) electrons. The minimum atomic E-state index is -3.60. The van der Waals surface area contributed by atoms with Crippen molar-refractivity contribution in [3.63, 3.8) is 0 Å². The van der Waals surface area contributed by atoms with E-state index in [0.29, 0.717) is 41.8 Å². The Labute approximate surface area is 218 Å². The zero-order valence-corrected chi connectivity index (χ0v) is 22.3. The first-order valence-corrected chi connectivity index (χ1v) is 14.4. The number of aryl methyl sites for hydroxylation is 1. The van der Waals surface area contributed by atoms with Gasteiger partial charge < -0.3 is 9.47 Å². The Morgan fingerprint density at radius 2 is 1.94 bits per heavy atom. The van der Waals surface area contributed by atoms with Crippen molar-refractivity contribution in [3.8, 4) is 17.6 Å². The first kappa shape index (κ1) is 27.2. The quantitative estimate of drug-likeness (QED) is 0.162. The highest BCUT2D eigenvalue weighted by Gasteiger charge is 2.18. The van der Waals surface area contributed by atoms with Crippen LogP contribution in [-0.4, -0.2) is 48.9 Å². The van der Waals surface area contributed by atoms with Crippen molar-refractivity contribution in [2.24, 2.45) is 0 Å². The van der Waals surface area contributed by atoms with E-state index < -0.39 is 15.7 Å². The van der Waals surface area contributed by atoms with Crippen molar-refractivity contribution in [2.75, 3.05) is 30.5 Å². The van der Waals surface area contributed by atoms with Crippen LogP contribution < -0.4 is 14.8 Å². The number of sulfone groups is 1. The molecule has 3 rings (SSSR count). The molecule has 0 atom stereocenters. The zero-order chi connectivity index (χ0) is 26.1. The lowest BCUT2D eigenvalue weighted by Crippen LogP contribution is -2.13. The van der Waals surface area contributed by atoms with Crippen LogP contribution in [0.5, 0.6) is 11.5 Å². The van der Waals surface area contributed by atoms with E-state index in [4.69, 9.17) is 9.47 Å². The minimum Gasteiger partial charge on any atom is -0.490 e. The number of ether oxygens (including phenoxy) is 2. The number of hydrogen-bond donors (Lipinski definition) is 1. The van der Waals surface area contributed by atoms with E-state index in [0.717, 1.165) is 16.9 Å². The third kappa shape index (κ3) is 7.81. The number of anilines is 1. The molecule has 1 heterocycles. The summed E-state index contributed by atoms with van der Waals surface area (Å²) < 4.78 is 38.3. The Balaban J connectivity index is 1.67. The van der Waals surface area contributed by atoms with Crippen molar-refractivity contribution in [1.29, 1.82) is 5.26 Å². The smallest absolute Gasteiger partial charge is 0.268 e. The summed E-state index contributed by atoms with van der Waals surface area (Å²) in [6.45, 7) is 4.77. The number of nitrogens with one attached hydrogen (secondary N) is 1. The molecule has 1 amide bonds. The molecule has 0 aliphatic heterocycles. The standard InChI is InChI=1S/C24H24N4O5S3/c1-4-32-21-14-17(7-10-20(21)33-11-12-34-19-8-5-16(2)6-9-19)13-18(15-25)22(29)26-23-27-24(28-35-23)36(3,30)31/h5-10,13-14H,4,11-12H2,1-3H3,(H,26,27,28,29)/b18-13-. The van der Waals surface area contributed by atoms with Crippen LogP contribution in [0.3, 0.4) is 0 Å². The fourth-order valence-electron chi connectivity index (χ4n) is 2.84. The number of amides is 1. The Hall–Kier alpha value is -3.40. The first-order valence-electron chi connectivity index (χ1n) is 10.8. The molecule has 0 saturated heterocycles. The van der Waals surface area contributed by atoms with Crippen LogP contribution >= 0.6 is 23.3 Å². The molecule has 188 valence electrons. The summed E-state index contributed by atoms with van der Waals surface area (Å²) in [5, 5.41) is 11.5. The van der Waals surface area contributed by atoms with Crippen molar-refractivity contribution >= 4 is 50.2 Å². The topological polar surface area (TPSA) is 131 Å². The minimum absolute atomic E-state index is 0.0242. The molecule has 0 saturated carbocycles. The van der Waals surface area contributed by atoms with Crippen LogP contribution in [-0.2, 0) is 14.6 Å². The molecule has 0 aliphatic carbocycles. The van der Waals surface area contributed by atoms with Crippen molar-refractivity contribution < 1.29 is 22.7 Å². The summed E-state index contributed by atoms with van der Waals surface area (Å²) in [7, 11) is -3.60. The predicted molar refractivity (Wildman–Crippen MR) is 140 cm³/mol. The molecule has 0 aliphatic rings. The summed E-state index contributed by atoms with van der Waals surface area (Å²) in [4.78, 5) is 17.5. The fourth-order valence-corrected chi connectivity index (χ4v) is 5.01. The maximum atomic E-state index is 12.5. The second-order valence-electron chi connectivity index (χ2n) is 7.43. The van der Waals surface area contributed by atoms with Gasteiger partial charge in [0.1, 0.15) is 11.6 Å². The van der Waals surface area contributed by atoms with Gasteiger partial charge in [0.15, 0.2) is 11.5 Å². The van der Waals surface area contributed by atoms with Gasteiger partial charge in [-0.3, -0.25) is 10.1 Å². The fraction of sp³-hybridized carbons (Fsp3) is 0.250. The number of aromatic nitrogens is 2. The lowest BCUT2D eigenvalue weighted by molar-refractivity contribution is -0.112. The van der Waals surface area contributed by atoms with Gasteiger partial charge >= 0.3 is 0 Å². The zero-order valence-electron chi connectivity index (χ0n) is 19.8. The van der Waals surface area contributed by atoms with E-state index in [1.807, 2.05) is 19.9 Å². The average molecular weight is 545 g/mol. The molecule has 9 nitrogen and oxygen atoms in total. The Morgan fingerprint density at radius 3 is 2.58 bits per heavy atom. The highest BCUT2D eigenvalue weighted by molar-refractivity contribution is 7.99. The predicted octanol–water partition coefficient (Wildman–Crippen LogP) is 4.37. The molecule has 0 bridgehead atoms. The lowest BCUT2D eigenvalue weighted by atomic mass is 10.1. The monoisotopic (exact) mass is 544 g/mol. The van der Waals surface area contributed by atoms with E-state index >= 15 is 0 Å². The number of carbonyl (C=O) groups is 1. The number of thioether (sulfide) groups is 1. The largest absolute Gasteiger partial charge is 0.490 e. The van der Waals surface area contributed by atoms with Gasteiger partial charge in [-0.1, -0.05) is 23.8 Å². The average Bonchev–Trinajstić information content (AvgIpc) is 3.31. The SMILES string of the molecule is CCOc1cc(/C=C(/C#N)C(=O)Nc2nc(S(C)(=O)=O)ns2)ccc1OCCSc1ccc(C)cc1. The second-order valence-corrected chi connectivity index (χ2v) is 11.3. The number of carbonyl (C=O) groups excluding carboxylic acids is 1. The summed E-state index contributed by atoms with van der Waals surface area (Å²) in [5.74, 6) is 1.07. The van der Waals surface area contributed by atoms with Crippen LogP contribution in [0.15, 0.2) is 58.1 Å². The van der Waals surface area contributed by atoms with Crippen LogP contribution in [0, 0.1) is 18.3 Å². The highest BCUT2D eigenvalue weighted by atomic mass is 32.2. The van der Waals surface area contributed by atoms with Gasteiger partial charge in [0, 0.05) is 28.4 Å². The van der Waals surface area contributed by atoms with Crippen molar-refractivity contribution in [1.82, 2.24) is 9.36 Å². The molecular weight excluding hydrogens is 520 g/mol. The van der Waals surface area contributed by atoms with Gasteiger partial charge in [-0.15, -0.1) is 11.8 Å². The molecule has 1 N–H and O–H groups in total. The molecule has 1 aromatic heterocycles. The van der Waals surface area contributed by atoms with Gasteiger partial charge in [0.25, 0.3) is 11.1 Å². The van der Waals surface area contributed by atoms with Crippen LogP contribution in [0.2, 0.25) is 0 Å². The van der Waals surface area contributed by atoms with Crippen molar-refractivity contribution in [3.05, 3.63) is 59.2 Å². The van der Waals surface area contributed by atoms with E-state index in [-0.39, 0.29) is 15.9 Å². The molecule has 36 heavy (non-hydrogen) atoms. The van der Waals surface area contributed by atoms with Crippen LogP contribution in [0.1, 0.15) is 18.1 Å². The number of benzene rings is 2. The highest BCUT2D eigenvalue weighted by Crippen LogP contribution is 2.30. The summed E-state index contributed by atoms with van der Waals surface area (Å²) in [6.07, 6.45) is 2.36. The third-order valence-electron chi connectivity index (χ3n) is 4.53. The van der Waals surface area contributed by atoms with Gasteiger partial charge in [-0.2, -0.15) is 14.6 Å². The number of nitriles is 1. The van der Waals surface area contributed by atoms with E-state index in [1.54, 1.807) is 30.0 Å². The number of nitrogens with zero attached hydrogens (tertiary/aromatic N) is 3. The van der Waals surface area contributed by atoms with E-state index in [9.17, 15) is 18.5 Å². The molecule has 12 heteroatoms. The van der Waals surface area contributed by atoms with Crippen LogP contribution in [0.25, 0.3) is 6.08 Å². The first-order chi connectivity index (χ1) is 17.2. The van der Waals surface area contributed by atoms with Gasteiger partial charge in [-0.25, -0.2) is 8.42 Å². The second kappa shape index (κ2) is 12.5. The van der Waals surface area contributed by atoms with Gasteiger partial charge in [-0.05, 0) is 49.8 Å². The summed E-state index contributed by atoms with van der Waals surface area (Å²) in [5.41, 5.74) is 1.57. The Bertz CT molecular complexity index is 1390. The molecule has 2 aromatic carbocycles. The van der Waals surface area contributed by atoms with E-state index in [2.05, 4.69) is 38.9 Å². The van der Waals surface area contributed by atoms with Crippen molar-refractivity contribution in [2.45, 2.75) is 23.9 Å². The Kier molecular flexibility index (Phi) is 9.46. The number of hydrogen-bond acceptors (Lipinski definition) is 10. The summed E-state index contributed by atoms with van der Waals surface area (Å²) in [6, 6.07) is 15.3. The third-order valence-corrected chi connectivity index (χ3v) is 7.10. The van der Waals surface area contributed by atoms with Gasteiger partial charge in [0.2, 0.25) is 15.0 Å². The molecular formula is C24H24N4O5S3. The maximum absolute atomic E-state index is 12.5. The van der Waals surface area contributed by atoms with Crippen LogP contribution in [0.4, 0.5) is 5.13 Å². The molecule has 3 aromatic rings. The lowest BCUT2D eigenvalue weighted by Gasteiger charge is -2.13. The summed E-state index contributed by atoms with van der Waals surface area (Å²) >= 11 is 2.40. The normalized spacial score (nSPS) is 11.6. The molecule has 0 spiro atoms. The van der Waals surface area contributed by atoms with E-state index in [1.165, 1.54) is 11.6 Å². The molecule has 0 fully saturated rings. The van der Waals surface area contributed by atoms with Gasteiger partial charge in [0.05, 0.1) is 13.2 Å². The Morgan fingerprint density at radius 1 is 1.19 bits per heavy atom. The molecule has 0 unspecified atom stereocenters. The maximum Gasteiger partial charge on any atom is 0.268 e. The number of rotatable bonds is 11.